The van der Waals surface area contributed by atoms with Crippen LogP contribution in [0.1, 0.15) is 23.8 Å². The van der Waals surface area contributed by atoms with E-state index in [-0.39, 0.29) is 17.3 Å². The summed E-state index contributed by atoms with van der Waals surface area (Å²) in [5.74, 6) is -1.84. The van der Waals surface area contributed by atoms with Crippen LogP contribution in [0, 0.1) is 16.0 Å². The molecular weight excluding hydrogens is 328 g/mol. The number of nitro benzene ring substituents is 1. The summed E-state index contributed by atoms with van der Waals surface area (Å²) < 4.78 is 1.38. The largest absolute Gasteiger partial charge is 0.481 e. The number of carbonyl (C=O) groups is 2. The van der Waals surface area contributed by atoms with E-state index in [0.29, 0.717) is 18.7 Å². The van der Waals surface area contributed by atoms with Gasteiger partial charge in [-0.1, -0.05) is 6.07 Å². The summed E-state index contributed by atoms with van der Waals surface area (Å²) in [5, 5.41) is 24.2. The fourth-order valence-corrected chi connectivity index (χ4v) is 3.03. The maximum Gasteiger partial charge on any atom is 0.308 e. The van der Waals surface area contributed by atoms with Gasteiger partial charge < -0.3 is 10.0 Å². The lowest BCUT2D eigenvalue weighted by Crippen LogP contribution is -2.37. The summed E-state index contributed by atoms with van der Waals surface area (Å²) in [5.41, 5.74) is 0.564. The van der Waals surface area contributed by atoms with Crippen molar-refractivity contribution >= 4 is 17.6 Å². The minimum absolute atomic E-state index is 0.0710. The molecule has 1 N–H and O–H groups in total. The van der Waals surface area contributed by atoms with Crippen LogP contribution in [0.5, 0.6) is 0 Å². The quantitative estimate of drug-likeness (QED) is 0.666. The predicted octanol–water partition coefficient (Wildman–Crippen LogP) is 1.72. The Labute approximate surface area is 142 Å². The molecule has 0 saturated carbocycles. The molecule has 2 unspecified atom stereocenters. The number of amides is 1. The van der Waals surface area contributed by atoms with Crippen LogP contribution < -0.4 is 0 Å². The lowest BCUT2D eigenvalue weighted by atomic mass is 10.0. The van der Waals surface area contributed by atoms with Gasteiger partial charge in [-0.2, -0.15) is 5.10 Å². The van der Waals surface area contributed by atoms with Crippen molar-refractivity contribution in [2.24, 2.45) is 5.92 Å². The molecule has 25 heavy (non-hydrogen) atoms. The molecule has 0 spiro atoms. The van der Waals surface area contributed by atoms with Gasteiger partial charge in [0.05, 0.1) is 16.5 Å². The molecule has 130 valence electrons. The monoisotopic (exact) mass is 344 g/mol. The van der Waals surface area contributed by atoms with E-state index in [0.717, 1.165) is 0 Å². The van der Waals surface area contributed by atoms with Crippen LogP contribution in [0.4, 0.5) is 5.69 Å². The third kappa shape index (κ3) is 3.08. The van der Waals surface area contributed by atoms with E-state index in [9.17, 15) is 19.7 Å². The molecule has 9 nitrogen and oxygen atoms in total. The molecule has 2 aromatic rings. The smallest absolute Gasteiger partial charge is 0.308 e. The second kappa shape index (κ2) is 6.34. The van der Waals surface area contributed by atoms with Crippen LogP contribution >= 0.6 is 0 Å². The predicted molar refractivity (Wildman–Crippen MR) is 86.5 cm³/mol. The summed E-state index contributed by atoms with van der Waals surface area (Å²) in [7, 11) is 0. The summed E-state index contributed by atoms with van der Waals surface area (Å²) >= 11 is 0. The van der Waals surface area contributed by atoms with Gasteiger partial charge in [-0.25, -0.2) is 4.68 Å². The van der Waals surface area contributed by atoms with E-state index in [1.165, 1.54) is 33.8 Å². The Morgan fingerprint density at radius 1 is 1.36 bits per heavy atom. The van der Waals surface area contributed by atoms with Gasteiger partial charge in [-0.3, -0.25) is 19.7 Å². The minimum atomic E-state index is -0.912. The first kappa shape index (κ1) is 16.6. The number of aliphatic carboxylic acids is 1. The van der Waals surface area contributed by atoms with Gasteiger partial charge in [0.15, 0.2) is 5.69 Å². The molecule has 2 heterocycles. The maximum absolute atomic E-state index is 12.6. The van der Waals surface area contributed by atoms with Gasteiger partial charge in [0, 0.05) is 30.9 Å². The Kier molecular flexibility index (Phi) is 4.22. The Morgan fingerprint density at radius 2 is 2.12 bits per heavy atom. The summed E-state index contributed by atoms with van der Waals surface area (Å²) in [6, 6.07) is 7.02. The van der Waals surface area contributed by atoms with Gasteiger partial charge in [-0.05, 0) is 25.5 Å². The van der Waals surface area contributed by atoms with Crippen molar-refractivity contribution in [3.63, 3.8) is 0 Å². The average Bonchev–Trinajstić information content (AvgIpc) is 3.21. The number of rotatable bonds is 4. The van der Waals surface area contributed by atoms with Crippen LogP contribution in [-0.4, -0.2) is 49.2 Å². The van der Waals surface area contributed by atoms with Crippen molar-refractivity contribution in [3.05, 3.63) is 52.3 Å². The van der Waals surface area contributed by atoms with Gasteiger partial charge in [0.1, 0.15) is 0 Å². The first-order valence-electron chi connectivity index (χ1n) is 7.73. The normalized spacial score (nSPS) is 19.8. The van der Waals surface area contributed by atoms with Gasteiger partial charge in [-0.15, -0.1) is 0 Å². The van der Waals surface area contributed by atoms with E-state index in [1.807, 2.05) is 0 Å². The fraction of sp³-hybridized carbons (Fsp3) is 0.312. The van der Waals surface area contributed by atoms with Crippen molar-refractivity contribution in [1.29, 1.82) is 0 Å². The molecule has 1 aliphatic rings. The number of nitrogens with zero attached hydrogens (tertiary/aromatic N) is 4. The van der Waals surface area contributed by atoms with Gasteiger partial charge in [0.25, 0.3) is 11.6 Å². The van der Waals surface area contributed by atoms with Gasteiger partial charge in [0.2, 0.25) is 0 Å². The number of non-ortho nitro benzene ring substituents is 1. The highest BCUT2D eigenvalue weighted by molar-refractivity contribution is 5.93. The number of hydrogen-bond donors (Lipinski definition) is 1. The first-order chi connectivity index (χ1) is 11.9. The van der Waals surface area contributed by atoms with Crippen molar-refractivity contribution in [3.8, 4) is 5.69 Å². The fourth-order valence-electron chi connectivity index (χ4n) is 3.03. The third-order valence-corrected chi connectivity index (χ3v) is 4.45. The van der Waals surface area contributed by atoms with Crippen LogP contribution in [0.2, 0.25) is 0 Å². The van der Waals surface area contributed by atoms with Crippen LogP contribution in [0.15, 0.2) is 36.5 Å². The molecule has 1 saturated heterocycles. The number of aromatic nitrogens is 2. The molecule has 0 aliphatic carbocycles. The second-order valence-electron chi connectivity index (χ2n) is 5.90. The van der Waals surface area contributed by atoms with E-state index in [1.54, 1.807) is 19.2 Å². The van der Waals surface area contributed by atoms with E-state index >= 15 is 0 Å². The number of benzene rings is 1. The maximum atomic E-state index is 12.6. The average molecular weight is 344 g/mol. The van der Waals surface area contributed by atoms with E-state index in [4.69, 9.17) is 5.11 Å². The highest BCUT2D eigenvalue weighted by Gasteiger charge is 2.38. The Balaban J connectivity index is 1.82. The lowest BCUT2D eigenvalue weighted by Gasteiger charge is -2.22. The minimum Gasteiger partial charge on any atom is -0.481 e. The Hall–Kier alpha value is -3.23. The van der Waals surface area contributed by atoms with Crippen molar-refractivity contribution in [2.75, 3.05) is 6.54 Å². The standard InChI is InChI=1S/C16H16N4O5/c1-10-13(16(22)23)5-7-18(10)15(21)14-6-8-19(17-14)11-3-2-4-12(9-11)20(24)25/h2-4,6,8-10,13H,5,7H2,1H3,(H,22,23). The SMILES string of the molecule is CC1C(C(=O)O)CCN1C(=O)c1ccn(-c2cccc([N+](=O)[O-])c2)n1. The first-order valence-corrected chi connectivity index (χ1v) is 7.73. The number of carboxylic acid groups (broad SMARTS) is 1. The number of carbonyl (C=O) groups excluding carboxylic acids is 1. The van der Waals surface area contributed by atoms with Crippen molar-refractivity contribution in [2.45, 2.75) is 19.4 Å². The summed E-state index contributed by atoms with van der Waals surface area (Å²) in [6.45, 7) is 2.07. The molecule has 0 bridgehead atoms. The van der Waals surface area contributed by atoms with Crippen LogP contribution in [0.3, 0.4) is 0 Å². The number of hydrogen-bond acceptors (Lipinski definition) is 5. The number of carboxylic acids is 1. The highest BCUT2D eigenvalue weighted by Crippen LogP contribution is 2.26. The molecule has 9 heteroatoms. The van der Waals surface area contributed by atoms with Crippen LogP contribution in [0.25, 0.3) is 5.69 Å². The zero-order valence-corrected chi connectivity index (χ0v) is 13.4. The Bertz CT molecular complexity index is 847. The molecule has 1 fully saturated rings. The van der Waals surface area contributed by atoms with E-state index in [2.05, 4.69) is 5.10 Å². The van der Waals surface area contributed by atoms with Crippen LogP contribution in [-0.2, 0) is 4.79 Å². The number of nitro groups is 1. The molecule has 2 atom stereocenters. The zero-order valence-electron chi connectivity index (χ0n) is 13.4. The molecule has 0 radical (unpaired) electrons. The third-order valence-electron chi connectivity index (χ3n) is 4.45. The second-order valence-corrected chi connectivity index (χ2v) is 5.90. The topological polar surface area (TPSA) is 119 Å². The summed E-state index contributed by atoms with van der Waals surface area (Å²) in [4.78, 5) is 35.6. The van der Waals surface area contributed by atoms with Crippen molar-refractivity contribution < 1.29 is 19.6 Å². The van der Waals surface area contributed by atoms with E-state index < -0.39 is 22.9 Å². The summed E-state index contributed by atoms with van der Waals surface area (Å²) in [6.07, 6.45) is 1.95. The molecule has 1 amide bonds. The molecule has 1 aliphatic heterocycles. The lowest BCUT2D eigenvalue weighted by molar-refractivity contribution is -0.384. The Morgan fingerprint density at radius 3 is 2.76 bits per heavy atom. The molecule has 3 rings (SSSR count). The van der Waals surface area contributed by atoms with Gasteiger partial charge >= 0.3 is 5.97 Å². The zero-order chi connectivity index (χ0) is 18.1. The molecular formula is C16H16N4O5. The highest BCUT2D eigenvalue weighted by atomic mass is 16.6. The molecule has 1 aromatic carbocycles. The number of likely N-dealkylation sites (tertiary alicyclic amines) is 1. The molecule has 1 aromatic heterocycles. The van der Waals surface area contributed by atoms with Crippen molar-refractivity contribution in [1.82, 2.24) is 14.7 Å².